The maximum Gasteiger partial charge on any atom is 0.306 e. The highest BCUT2D eigenvalue weighted by Crippen LogP contribution is 2.28. The Hall–Kier alpha value is -1.77. The number of rotatable bonds is 4. The predicted octanol–water partition coefficient (Wildman–Crippen LogP) is 4.06. The van der Waals surface area contributed by atoms with Crippen molar-refractivity contribution in [1.82, 2.24) is 0 Å². The van der Waals surface area contributed by atoms with Crippen LogP contribution < -0.4 is 0 Å². The largest absolute Gasteiger partial charge is 0.457 e. The van der Waals surface area contributed by atoms with Gasteiger partial charge in [-0.05, 0) is 30.9 Å². The molecule has 2 aromatic rings. The summed E-state index contributed by atoms with van der Waals surface area (Å²) in [6.45, 7) is 0.236. The Kier molecular flexibility index (Phi) is 3.53. The number of carbonyl (C=O) groups is 1. The second kappa shape index (κ2) is 5.47. The van der Waals surface area contributed by atoms with Crippen LogP contribution in [0.3, 0.4) is 0 Å². The fourth-order valence-electron chi connectivity index (χ4n) is 2.77. The summed E-state index contributed by atoms with van der Waals surface area (Å²) in [6, 6.07) is 9.73. The highest BCUT2D eigenvalue weighted by Gasteiger charge is 2.19. The van der Waals surface area contributed by atoms with Crippen molar-refractivity contribution < 1.29 is 13.9 Å². The minimum absolute atomic E-state index is 0.104. The molecule has 3 rings (SSSR count). The minimum Gasteiger partial charge on any atom is -0.457 e. The van der Waals surface area contributed by atoms with Crippen LogP contribution in [0.2, 0.25) is 0 Å². The van der Waals surface area contributed by atoms with Crippen LogP contribution >= 0.6 is 0 Å². The lowest BCUT2D eigenvalue weighted by molar-refractivity contribution is -0.146. The van der Waals surface area contributed by atoms with Crippen molar-refractivity contribution in [2.75, 3.05) is 0 Å². The Balaban J connectivity index is 1.54. The van der Waals surface area contributed by atoms with Gasteiger partial charge in [-0.15, -0.1) is 0 Å². The van der Waals surface area contributed by atoms with Gasteiger partial charge in [-0.25, -0.2) is 0 Å². The average molecular weight is 258 g/mol. The van der Waals surface area contributed by atoms with Gasteiger partial charge in [-0.1, -0.05) is 31.0 Å². The number of ether oxygens (including phenoxy) is 1. The van der Waals surface area contributed by atoms with Gasteiger partial charge in [-0.3, -0.25) is 4.79 Å². The van der Waals surface area contributed by atoms with Gasteiger partial charge in [0.15, 0.2) is 0 Å². The zero-order valence-corrected chi connectivity index (χ0v) is 10.9. The molecule has 1 fully saturated rings. The first-order chi connectivity index (χ1) is 9.31. The van der Waals surface area contributed by atoms with Crippen molar-refractivity contribution in [3.8, 4) is 0 Å². The van der Waals surface area contributed by atoms with Gasteiger partial charge in [0.2, 0.25) is 0 Å². The monoisotopic (exact) mass is 258 g/mol. The SMILES string of the molecule is O=C(CC1CCCC1)OCc1cc2ccccc2o1. The van der Waals surface area contributed by atoms with Crippen LogP contribution in [0.5, 0.6) is 0 Å². The Morgan fingerprint density at radius 2 is 2.05 bits per heavy atom. The number of para-hydroxylation sites is 1. The number of furan rings is 1. The van der Waals surface area contributed by atoms with E-state index in [9.17, 15) is 4.79 Å². The summed E-state index contributed by atoms with van der Waals surface area (Å²) < 4.78 is 10.9. The number of hydrogen-bond acceptors (Lipinski definition) is 3. The van der Waals surface area contributed by atoms with Crippen LogP contribution in [0.25, 0.3) is 11.0 Å². The van der Waals surface area contributed by atoms with Crippen molar-refractivity contribution in [3.63, 3.8) is 0 Å². The summed E-state index contributed by atoms with van der Waals surface area (Å²) in [5.74, 6) is 1.14. The molecule has 0 atom stereocenters. The lowest BCUT2D eigenvalue weighted by atomic mass is 10.0. The first-order valence-electron chi connectivity index (χ1n) is 6.94. The number of hydrogen-bond donors (Lipinski definition) is 0. The van der Waals surface area contributed by atoms with Gasteiger partial charge in [0.1, 0.15) is 18.0 Å². The smallest absolute Gasteiger partial charge is 0.306 e. The first-order valence-corrected chi connectivity index (χ1v) is 6.94. The highest BCUT2D eigenvalue weighted by atomic mass is 16.5. The molecule has 0 saturated heterocycles. The van der Waals surface area contributed by atoms with Crippen LogP contribution in [-0.4, -0.2) is 5.97 Å². The molecule has 3 heteroatoms. The van der Waals surface area contributed by atoms with Gasteiger partial charge in [0.25, 0.3) is 0 Å². The summed E-state index contributed by atoms with van der Waals surface area (Å²) >= 11 is 0. The van der Waals surface area contributed by atoms with E-state index in [0.717, 1.165) is 11.0 Å². The molecule has 0 bridgehead atoms. The van der Waals surface area contributed by atoms with Gasteiger partial charge in [0, 0.05) is 11.8 Å². The summed E-state index contributed by atoms with van der Waals surface area (Å²) in [4.78, 5) is 11.7. The quantitative estimate of drug-likeness (QED) is 0.776. The zero-order valence-electron chi connectivity index (χ0n) is 10.9. The summed E-state index contributed by atoms with van der Waals surface area (Å²) in [5.41, 5.74) is 0.837. The van der Waals surface area contributed by atoms with Crippen LogP contribution in [0.4, 0.5) is 0 Å². The summed E-state index contributed by atoms with van der Waals surface area (Å²) in [6.07, 6.45) is 5.39. The number of carbonyl (C=O) groups excluding carboxylic acids is 1. The van der Waals surface area contributed by atoms with Gasteiger partial charge in [-0.2, -0.15) is 0 Å². The minimum atomic E-state index is -0.104. The summed E-state index contributed by atoms with van der Waals surface area (Å²) in [7, 11) is 0. The van der Waals surface area contributed by atoms with E-state index < -0.39 is 0 Å². The molecule has 0 radical (unpaired) electrons. The molecule has 1 aromatic carbocycles. The number of fused-ring (bicyclic) bond motifs is 1. The molecular formula is C16H18O3. The van der Waals surface area contributed by atoms with E-state index in [1.165, 1.54) is 25.7 Å². The maximum atomic E-state index is 11.7. The standard InChI is InChI=1S/C16H18O3/c17-16(9-12-5-1-2-6-12)18-11-14-10-13-7-3-4-8-15(13)19-14/h3-4,7-8,10,12H,1-2,5-6,9,11H2. The molecule has 1 aliphatic rings. The molecule has 1 saturated carbocycles. The Labute approximate surface area is 112 Å². The fourth-order valence-corrected chi connectivity index (χ4v) is 2.77. The molecule has 19 heavy (non-hydrogen) atoms. The Bertz CT molecular complexity index is 531. The van der Waals surface area contributed by atoms with Crippen molar-refractivity contribution in [1.29, 1.82) is 0 Å². The molecule has 0 amide bonds. The number of benzene rings is 1. The second-order valence-electron chi connectivity index (χ2n) is 5.27. The molecule has 1 aromatic heterocycles. The Morgan fingerprint density at radius 1 is 1.26 bits per heavy atom. The molecule has 1 heterocycles. The van der Waals surface area contributed by atoms with Crippen molar-refractivity contribution >= 4 is 16.9 Å². The number of esters is 1. The van der Waals surface area contributed by atoms with Gasteiger partial charge >= 0.3 is 5.97 Å². The molecule has 1 aliphatic carbocycles. The lowest BCUT2D eigenvalue weighted by Crippen LogP contribution is -2.09. The zero-order chi connectivity index (χ0) is 13.1. The highest BCUT2D eigenvalue weighted by molar-refractivity contribution is 5.77. The van der Waals surface area contributed by atoms with Crippen LogP contribution in [0.15, 0.2) is 34.7 Å². The molecule has 0 unspecified atom stereocenters. The van der Waals surface area contributed by atoms with E-state index in [-0.39, 0.29) is 12.6 Å². The first kappa shape index (κ1) is 12.3. The van der Waals surface area contributed by atoms with E-state index in [1.807, 2.05) is 30.3 Å². The van der Waals surface area contributed by atoms with E-state index in [4.69, 9.17) is 9.15 Å². The van der Waals surface area contributed by atoms with Crippen LogP contribution in [0, 0.1) is 5.92 Å². The predicted molar refractivity (Wildman–Crippen MR) is 72.6 cm³/mol. The van der Waals surface area contributed by atoms with E-state index in [0.29, 0.717) is 18.1 Å². The van der Waals surface area contributed by atoms with E-state index in [1.54, 1.807) is 0 Å². The average Bonchev–Trinajstić information content (AvgIpc) is 3.04. The second-order valence-corrected chi connectivity index (χ2v) is 5.27. The molecule has 3 nitrogen and oxygen atoms in total. The Morgan fingerprint density at radius 3 is 2.84 bits per heavy atom. The molecule has 100 valence electrons. The molecular weight excluding hydrogens is 240 g/mol. The summed E-state index contributed by atoms with van der Waals surface area (Å²) in [5, 5.41) is 1.05. The third kappa shape index (κ3) is 2.98. The van der Waals surface area contributed by atoms with Crippen LogP contribution in [-0.2, 0) is 16.1 Å². The van der Waals surface area contributed by atoms with Crippen molar-refractivity contribution in [3.05, 3.63) is 36.1 Å². The van der Waals surface area contributed by atoms with E-state index >= 15 is 0 Å². The third-order valence-corrected chi connectivity index (χ3v) is 3.78. The topological polar surface area (TPSA) is 39.4 Å². The van der Waals surface area contributed by atoms with E-state index in [2.05, 4.69) is 0 Å². The van der Waals surface area contributed by atoms with Gasteiger partial charge < -0.3 is 9.15 Å². The van der Waals surface area contributed by atoms with Crippen LogP contribution in [0.1, 0.15) is 37.9 Å². The maximum absolute atomic E-state index is 11.7. The van der Waals surface area contributed by atoms with Gasteiger partial charge in [0.05, 0.1) is 0 Å². The third-order valence-electron chi connectivity index (χ3n) is 3.78. The normalized spacial score (nSPS) is 16.0. The molecule has 0 spiro atoms. The fraction of sp³-hybridized carbons (Fsp3) is 0.438. The molecule has 0 N–H and O–H groups in total. The lowest BCUT2D eigenvalue weighted by Gasteiger charge is -2.07. The van der Waals surface area contributed by atoms with Crippen molar-refractivity contribution in [2.45, 2.75) is 38.7 Å². The molecule has 0 aliphatic heterocycles. The van der Waals surface area contributed by atoms with Crippen molar-refractivity contribution in [2.24, 2.45) is 5.92 Å².